The first-order valence-corrected chi connectivity index (χ1v) is 9.87. The Balaban J connectivity index is 2.15. The molecule has 3 aromatic rings. The van der Waals surface area contributed by atoms with Gasteiger partial charge in [0.1, 0.15) is 17.1 Å². The summed E-state index contributed by atoms with van der Waals surface area (Å²) in [6, 6.07) is 25.5. The summed E-state index contributed by atoms with van der Waals surface area (Å²) in [5, 5.41) is 0. The predicted molar refractivity (Wildman–Crippen MR) is 119 cm³/mol. The van der Waals surface area contributed by atoms with E-state index < -0.39 is 11.6 Å². The third-order valence-electron chi connectivity index (χ3n) is 5.02. The van der Waals surface area contributed by atoms with Gasteiger partial charge in [-0.1, -0.05) is 60.7 Å². The molecule has 160 valence electrons. The van der Waals surface area contributed by atoms with Crippen molar-refractivity contribution in [3.63, 3.8) is 0 Å². The summed E-state index contributed by atoms with van der Waals surface area (Å²) >= 11 is 0. The SMILES string of the molecule is COC(=O)C=CCOC(c1ccccc1)(c1ccc(OC)cc1)c1ccc(OC)cc1. The number of hydrogen-bond acceptors (Lipinski definition) is 5. The van der Waals surface area contributed by atoms with Crippen LogP contribution in [0.2, 0.25) is 0 Å². The van der Waals surface area contributed by atoms with Crippen LogP contribution in [0, 0.1) is 0 Å². The average molecular weight is 418 g/mol. The van der Waals surface area contributed by atoms with Crippen molar-refractivity contribution in [1.29, 1.82) is 0 Å². The lowest BCUT2D eigenvalue weighted by atomic mass is 9.80. The summed E-state index contributed by atoms with van der Waals surface area (Å²) in [4.78, 5) is 11.5. The molecule has 0 heterocycles. The Morgan fingerprint density at radius 3 is 1.68 bits per heavy atom. The molecule has 0 atom stereocenters. The molecule has 0 radical (unpaired) electrons. The zero-order valence-electron chi connectivity index (χ0n) is 17.9. The molecule has 0 aliphatic heterocycles. The maximum Gasteiger partial charge on any atom is 0.330 e. The molecule has 0 saturated carbocycles. The molecule has 0 aliphatic carbocycles. The highest BCUT2D eigenvalue weighted by Gasteiger charge is 2.37. The van der Waals surface area contributed by atoms with Gasteiger partial charge in [0.05, 0.1) is 27.9 Å². The zero-order valence-corrected chi connectivity index (χ0v) is 17.9. The van der Waals surface area contributed by atoms with Crippen molar-refractivity contribution >= 4 is 5.97 Å². The van der Waals surface area contributed by atoms with Crippen LogP contribution >= 0.6 is 0 Å². The van der Waals surface area contributed by atoms with Gasteiger partial charge in [-0.3, -0.25) is 0 Å². The van der Waals surface area contributed by atoms with E-state index in [9.17, 15) is 4.79 Å². The van der Waals surface area contributed by atoms with Gasteiger partial charge in [-0.2, -0.15) is 0 Å². The molecule has 0 bridgehead atoms. The minimum Gasteiger partial charge on any atom is -0.497 e. The Hall–Kier alpha value is -3.57. The van der Waals surface area contributed by atoms with Crippen molar-refractivity contribution in [2.24, 2.45) is 0 Å². The van der Waals surface area contributed by atoms with Crippen LogP contribution < -0.4 is 9.47 Å². The van der Waals surface area contributed by atoms with Crippen LogP contribution in [-0.2, 0) is 19.9 Å². The molecule has 0 spiro atoms. The molecule has 3 aromatic carbocycles. The van der Waals surface area contributed by atoms with E-state index in [0.717, 1.165) is 28.2 Å². The first-order valence-electron chi connectivity index (χ1n) is 9.87. The number of ether oxygens (including phenoxy) is 4. The van der Waals surface area contributed by atoms with Crippen LogP contribution in [0.4, 0.5) is 0 Å². The van der Waals surface area contributed by atoms with Gasteiger partial charge in [0.25, 0.3) is 0 Å². The number of benzene rings is 3. The van der Waals surface area contributed by atoms with E-state index >= 15 is 0 Å². The fourth-order valence-electron chi connectivity index (χ4n) is 3.46. The predicted octanol–water partition coefficient (Wildman–Crippen LogP) is 4.74. The molecule has 0 fully saturated rings. The first-order chi connectivity index (χ1) is 15.1. The highest BCUT2D eigenvalue weighted by atomic mass is 16.5. The smallest absolute Gasteiger partial charge is 0.330 e. The minimum atomic E-state index is -0.916. The quantitative estimate of drug-likeness (QED) is 0.285. The fourth-order valence-corrected chi connectivity index (χ4v) is 3.46. The summed E-state index contributed by atoms with van der Waals surface area (Å²) < 4.78 is 21.9. The molecule has 0 unspecified atom stereocenters. The third-order valence-corrected chi connectivity index (χ3v) is 5.02. The van der Waals surface area contributed by atoms with Crippen molar-refractivity contribution in [2.45, 2.75) is 5.60 Å². The van der Waals surface area contributed by atoms with Crippen LogP contribution in [0.3, 0.4) is 0 Å². The third kappa shape index (κ3) is 4.95. The van der Waals surface area contributed by atoms with Crippen LogP contribution in [0.25, 0.3) is 0 Å². The first kappa shape index (κ1) is 22.1. The second-order valence-corrected chi connectivity index (χ2v) is 6.74. The Kier molecular flexibility index (Phi) is 7.46. The minimum absolute atomic E-state index is 0.196. The summed E-state index contributed by atoms with van der Waals surface area (Å²) in [5.74, 6) is 1.08. The Morgan fingerprint density at radius 1 is 0.742 bits per heavy atom. The van der Waals surface area contributed by atoms with Gasteiger partial charge in [0.15, 0.2) is 0 Å². The number of esters is 1. The number of hydrogen-bond donors (Lipinski definition) is 0. The van der Waals surface area contributed by atoms with Gasteiger partial charge in [-0.15, -0.1) is 0 Å². The molecule has 3 rings (SSSR count). The average Bonchev–Trinajstić information content (AvgIpc) is 2.85. The summed E-state index contributed by atoms with van der Waals surface area (Å²) in [7, 11) is 4.62. The van der Waals surface area contributed by atoms with Crippen molar-refractivity contribution in [3.05, 3.63) is 108 Å². The van der Waals surface area contributed by atoms with E-state index in [1.807, 2.05) is 78.9 Å². The number of carbonyl (C=O) groups excluding carboxylic acids is 1. The molecule has 0 saturated heterocycles. The fraction of sp³-hybridized carbons (Fsp3) is 0.192. The lowest BCUT2D eigenvalue weighted by Gasteiger charge is -2.35. The van der Waals surface area contributed by atoms with Crippen molar-refractivity contribution in [1.82, 2.24) is 0 Å². The summed E-state index contributed by atoms with van der Waals surface area (Å²) in [6.45, 7) is 0.196. The normalized spacial score (nSPS) is 11.3. The van der Waals surface area contributed by atoms with Gasteiger partial charge >= 0.3 is 5.97 Å². The van der Waals surface area contributed by atoms with E-state index in [1.165, 1.54) is 13.2 Å². The molecule has 0 N–H and O–H groups in total. The molecule has 0 aromatic heterocycles. The van der Waals surface area contributed by atoms with Crippen molar-refractivity contribution in [3.8, 4) is 11.5 Å². The summed E-state index contributed by atoms with van der Waals surface area (Å²) in [6.07, 6.45) is 3.01. The van der Waals surface area contributed by atoms with Crippen LogP contribution in [0.15, 0.2) is 91.0 Å². The molecular formula is C26H26O5. The molecule has 5 nitrogen and oxygen atoms in total. The second kappa shape index (κ2) is 10.5. The number of rotatable bonds is 9. The lowest BCUT2D eigenvalue weighted by Crippen LogP contribution is -2.33. The van der Waals surface area contributed by atoms with Crippen molar-refractivity contribution < 1.29 is 23.7 Å². The standard InChI is InChI=1S/C26H26O5/c1-28-23-15-11-21(12-16-23)26(20-8-5-4-6-9-20,31-19-7-10-25(27)30-3)22-13-17-24(29-2)18-14-22/h4-18H,19H2,1-3H3. The molecular weight excluding hydrogens is 392 g/mol. The van der Waals surface area contributed by atoms with E-state index in [2.05, 4.69) is 4.74 Å². The maximum absolute atomic E-state index is 11.5. The Morgan fingerprint density at radius 2 is 1.23 bits per heavy atom. The van der Waals surface area contributed by atoms with E-state index in [4.69, 9.17) is 14.2 Å². The van der Waals surface area contributed by atoms with E-state index in [0.29, 0.717) is 0 Å². The zero-order chi connectivity index (χ0) is 22.1. The van der Waals surface area contributed by atoms with Gasteiger partial charge in [-0.05, 0) is 41.0 Å². The van der Waals surface area contributed by atoms with E-state index in [1.54, 1.807) is 20.3 Å². The number of carbonyl (C=O) groups is 1. The molecule has 5 heteroatoms. The highest BCUT2D eigenvalue weighted by molar-refractivity contribution is 5.81. The Labute approximate surface area is 182 Å². The van der Waals surface area contributed by atoms with Gasteiger partial charge in [-0.25, -0.2) is 4.79 Å². The number of methoxy groups -OCH3 is 3. The maximum atomic E-state index is 11.5. The monoisotopic (exact) mass is 418 g/mol. The second-order valence-electron chi connectivity index (χ2n) is 6.74. The van der Waals surface area contributed by atoms with Gasteiger partial charge in [0, 0.05) is 6.08 Å². The van der Waals surface area contributed by atoms with Crippen LogP contribution in [0.1, 0.15) is 16.7 Å². The topological polar surface area (TPSA) is 54.0 Å². The van der Waals surface area contributed by atoms with Crippen LogP contribution in [-0.4, -0.2) is 33.9 Å². The largest absolute Gasteiger partial charge is 0.497 e. The molecule has 0 aliphatic rings. The van der Waals surface area contributed by atoms with E-state index in [-0.39, 0.29) is 6.61 Å². The lowest BCUT2D eigenvalue weighted by molar-refractivity contribution is -0.134. The van der Waals surface area contributed by atoms with Crippen molar-refractivity contribution in [2.75, 3.05) is 27.9 Å². The van der Waals surface area contributed by atoms with Gasteiger partial charge in [0.2, 0.25) is 0 Å². The highest BCUT2D eigenvalue weighted by Crippen LogP contribution is 2.41. The summed E-state index contributed by atoms with van der Waals surface area (Å²) in [5.41, 5.74) is 1.89. The van der Waals surface area contributed by atoms with Crippen LogP contribution in [0.5, 0.6) is 11.5 Å². The molecule has 0 amide bonds. The Bertz CT molecular complexity index is 945. The van der Waals surface area contributed by atoms with Gasteiger partial charge < -0.3 is 18.9 Å². The molecule has 31 heavy (non-hydrogen) atoms.